The molecule has 1 N–H and O–H groups in total. The lowest BCUT2D eigenvalue weighted by atomic mass is 10.1. The number of nitrogens with one attached hydrogen (secondary N) is 1. The Morgan fingerprint density at radius 2 is 1.94 bits per heavy atom. The average Bonchev–Trinajstić information content (AvgIpc) is 2.66. The van der Waals surface area contributed by atoms with Crippen LogP contribution in [0.2, 0.25) is 10.0 Å². The van der Waals surface area contributed by atoms with Crippen LogP contribution in [0.4, 0.5) is 0 Å². The van der Waals surface area contributed by atoms with E-state index < -0.39 is 0 Å². The molecule has 1 fully saturated rings. The zero-order valence-corrected chi connectivity index (χ0v) is 10.7. The van der Waals surface area contributed by atoms with Crippen LogP contribution in [0.1, 0.15) is 32.0 Å². The number of hydrogen-bond acceptors (Lipinski definition) is 1. The Kier molecular flexibility index (Phi) is 2.05. The fourth-order valence-electron chi connectivity index (χ4n) is 2.12. The summed E-state index contributed by atoms with van der Waals surface area (Å²) in [6.07, 6.45) is 1.19. The van der Waals surface area contributed by atoms with Gasteiger partial charge in [0.15, 0.2) is 0 Å². The van der Waals surface area contributed by atoms with Crippen LogP contribution in [-0.4, -0.2) is 9.97 Å². The van der Waals surface area contributed by atoms with Crippen LogP contribution in [0.15, 0.2) is 12.1 Å². The molecule has 84 valence electrons. The normalized spacial score (nSPS) is 22.6. The molecule has 0 amide bonds. The second-order valence-corrected chi connectivity index (χ2v) is 5.97. The Labute approximate surface area is 104 Å². The van der Waals surface area contributed by atoms with Gasteiger partial charge in [-0.05, 0) is 24.0 Å². The van der Waals surface area contributed by atoms with E-state index in [-0.39, 0.29) is 0 Å². The predicted molar refractivity (Wildman–Crippen MR) is 67.3 cm³/mol. The summed E-state index contributed by atoms with van der Waals surface area (Å²) >= 11 is 11.9. The van der Waals surface area contributed by atoms with Crippen molar-refractivity contribution in [2.24, 2.45) is 5.41 Å². The molecular weight excluding hydrogens is 243 g/mol. The Bertz CT molecular complexity index is 533. The first-order valence-electron chi connectivity index (χ1n) is 5.32. The van der Waals surface area contributed by atoms with E-state index in [1.807, 2.05) is 12.1 Å². The van der Waals surface area contributed by atoms with Crippen molar-refractivity contribution in [3.63, 3.8) is 0 Å². The van der Waals surface area contributed by atoms with Crippen LogP contribution in [0.3, 0.4) is 0 Å². The summed E-state index contributed by atoms with van der Waals surface area (Å²) < 4.78 is 0. The standard InChI is InChI=1S/C12H12Cl2N2/c1-12(2)5-6(12)11-15-9-3-7(13)8(14)4-10(9)16-11/h3-4,6H,5H2,1-2H3,(H,15,16). The highest BCUT2D eigenvalue weighted by molar-refractivity contribution is 6.42. The fourth-order valence-corrected chi connectivity index (χ4v) is 2.45. The molecule has 1 saturated carbocycles. The van der Waals surface area contributed by atoms with Crippen molar-refractivity contribution in [3.8, 4) is 0 Å². The Morgan fingerprint density at radius 1 is 1.31 bits per heavy atom. The van der Waals surface area contributed by atoms with E-state index in [1.165, 1.54) is 6.42 Å². The first kappa shape index (κ1) is 10.4. The fraction of sp³-hybridized carbons (Fsp3) is 0.417. The molecule has 0 spiro atoms. The maximum Gasteiger partial charge on any atom is 0.110 e. The highest BCUT2D eigenvalue weighted by atomic mass is 35.5. The monoisotopic (exact) mass is 254 g/mol. The summed E-state index contributed by atoms with van der Waals surface area (Å²) in [6, 6.07) is 3.65. The number of fused-ring (bicyclic) bond motifs is 1. The average molecular weight is 255 g/mol. The molecular formula is C12H12Cl2N2. The van der Waals surface area contributed by atoms with Crippen LogP contribution in [0, 0.1) is 5.41 Å². The predicted octanol–water partition coefficient (Wildman–Crippen LogP) is 4.38. The minimum atomic E-state index is 0.376. The largest absolute Gasteiger partial charge is 0.342 e. The van der Waals surface area contributed by atoms with Gasteiger partial charge in [-0.1, -0.05) is 37.0 Å². The lowest BCUT2D eigenvalue weighted by Crippen LogP contribution is -1.91. The number of aromatic nitrogens is 2. The summed E-state index contributed by atoms with van der Waals surface area (Å²) in [6.45, 7) is 4.51. The third kappa shape index (κ3) is 1.52. The third-order valence-electron chi connectivity index (χ3n) is 3.39. The van der Waals surface area contributed by atoms with Crippen molar-refractivity contribution in [2.75, 3.05) is 0 Å². The smallest absolute Gasteiger partial charge is 0.110 e. The number of halogens is 2. The quantitative estimate of drug-likeness (QED) is 0.804. The van der Waals surface area contributed by atoms with E-state index in [9.17, 15) is 0 Å². The van der Waals surface area contributed by atoms with Crippen LogP contribution >= 0.6 is 23.2 Å². The topological polar surface area (TPSA) is 28.7 Å². The summed E-state index contributed by atoms with van der Waals surface area (Å²) in [4.78, 5) is 7.90. The molecule has 1 unspecified atom stereocenters. The van der Waals surface area contributed by atoms with Crippen LogP contribution in [-0.2, 0) is 0 Å². The van der Waals surface area contributed by atoms with E-state index in [2.05, 4.69) is 23.8 Å². The third-order valence-corrected chi connectivity index (χ3v) is 4.11. The van der Waals surface area contributed by atoms with E-state index >= 15 is 0 Å². The SMILES string of the molecule is CC1(C)CC1c1nc2cc(Cl)c(Cl)cc2[nH]1. The van der Waals surface area contributed by atoms with Crippen molar-refractivity contribution in [2.45, 2.75) is 26.2 Å². The number of aromatic amines is 1. The van der Waals surface area contributed by atoms with Gasteiger partial charge in [0.1, 0.15) is 5.82 Å². The van der Waals surface area contributed by atoms with E-state index in [4.69, 9.17) is 23.2 Å². The number of H-pyrrole nitrogens is 1. The van der Waals surface area contributed by atoms with Gasteiger partial charge in [0, 0.05) is 5.92 Å². The highest BCUT2D eigenvalue weighted by Gasteiger charge is 2.48. The van der Waals surface area contributed by atoms with Crippen LogP contribution in [0.5, 0.6) is 0 Å². The number of rotatable bonds is 1. The summed E-state index contributed by atoms with van der Waals surface area (Å²) in [5.74, 6) is 1.59. The number of nitrogens with zero attached hydrogens (tertiary/aromatic N) is 1. The molecule has 0 aliphatic heterocycles. The molecule has 16 heavy (non-hydrogen) atoms. The first-order chi connectivity index (χ1) is 7.47. The lowest BCUT2D eigenvalue weighted by Gasteiger charge is -1.97. The maximum absolute atomic E-state index is 5.97. The van der Waals surface area contributed by atoms with Gasteiger partial charge in [-0.2, -0.15) is 0 Å². The van der Waals surface area contributed by atoms with Crippen molar-refractivity contribution in [1.82, 2.24) is 9.97 Å². The molecule has 0 radical (unpaired) electrons. The molecule has 4 heteroatoms. The summed E-state index contributed by atoms with van der Waals surface area (Å²) in [5, 5.41) is 1.13. The minimum Gasteiger partial charge on any atom is -0.342 e. The molecule has 1 aliphatic rings. The highest BCUT2D eigenvalue weighted by Crippen LogP contribution is 2.57. The Balaban J connectivity index is 2.10. The molecule has 2 aromatic rings. The van der Waals surface area contributed by atoms with Crippen LogP contribution < -0.4 is 0 Å². The number of benzene rings is 1. The Morgan fingerprint density at radius 3 is 2.56 bits per heavy atom. The first-order valence-corrected chi connectivity index (χ1v) is 6.07. The second-order valence-electron chi connectivity index (χ2n) is 5.15. The van der Waals surface area contributed by atoms with Gasteiger partial charge in [-0.15, -0.1) is 0 Å². The Hall–Kier alpha value is -0.730. The molecule has 0 bridgehead atoms. The van der Waals surface area contributed by atoms with Crippen molar-refractivity contribution >= 4 is 34.2 Å². The van der Waals surface area contributed by atoms with Crippen LogP contribution in [0.25, 0.3) is 11.0 Å². The van der Waals surface area contributed by atoms with E-state index in [0.717, 1.165) is 16.9 Å². The summed E-state index contributed by atoms with van der Waals surface area (Å²) in [7, 11) is 0. The minimum absolute atomic E-state index is 0.376. The molecule has 1 aromatic heterocycles. The molecule has 0 saturated heterocycles. The van der Waals surface area contributed by atoms with E-state index in [0.29, 0.717) is 21.4 Å². The van der Waals surface area contributed by atoms with E-state index in [1.54, 1.807) is 0 Å². The molecule has 1 aromatic carbocycles. The van der Waals surface area contributed by atoms with Crippen molar-refractivity contribution in [3.05, 3.63) is 28.0 Å². The molecule has 1 aliphatic carbocycles. The molecule has 1 heterocycles. The van der Waals surface area contributed by atoms with Gasteiger partial charge in [-0.25, -0.2) is 4.98 Å². The number of hydrogen-bond donors (Lipinski definition) is 1. The summed E-state index contributed by atoms with van der Waals surface area (Å²) in [5.41, 5.74) is 2.24. The number of imidazole rings is 1. The molecule has 1 atom stereocenters. The molecule has 3 rings (SSSR count). The zero-order valence-electron chi connectivity index (χ0n) is 9.14. The maximum atomic E-state index is 5.97. The van der Waals surface area contributed by atoms with Crippen molar-refractivity contribution in [1.29, 1.82) is 0 Å². The van der Waals surface area contributed by atoms with Crippen molar-refractivity contribution < 1.29 is 0 Å². The van der Waals surface area contributed by atoms with Gasteiger partial charge in [0.2, 0.25) is 0 Å². The van der Waals surface area contributed by atoms with Gasteiger partial charge in [-0.3, -0.25) is 0 Å². The zero-order chi connectivity index (χ0) is 11.5. The second kappa shape index (κ2) is 3.14. The van der Waals surface area contributed by atoms with Gasteiger partial charge in [0.25, 0.3) is 0 Å². The van der Waals surface area contributed by atoms with Gasteiger partial charge >= 0.3 is 0 Å². The lowest BCUT2D eigenvalue weighted by molar-refractivity contribution is 0.612. The van der Waals surface area contributed by atoms with Gasteiger partial charge in [0.05, 0.1) is 21.1 Å². The molecule has 2 nitrogen and oxygen atoms in total. The van der Waals surface area contributed by atoms with Gasteiger partial charge < -0.3 is 4.98 Å².